The zero-order valence-electron chi connectivity index (χ0n) is 17.9. The highest BCUT2D eigenvalue weighted by atomic mass is 16.6. The molecule has 0 aromatic rings. The van der Waals surface area contributed by atoms with Gasteiger partial charge in [0.1, 0.15) is 0 Å². The molecule has 0 saturated carbocycles. The molecule has 5 nitrogen and oxygen atoms in total. The highest BCUT2D eigenvalue weighted by Gasteiger charge is 2.31. The van der Waals surface area contributed by atoms with Crippen molar-refractivity contribution in [3.63, 3.8) is 0 Å². The normalized spacial score (nSPS) is 12.9. The summed E-state index contributed by atoms with van der Waals surface area (Å²) in [5, 5.41) is 19.3. The number of rotatable bonds is 19. The van der Waals surface area contributed by atoms with Crippen molar-refractivity contribution < 1.29 is 19.7 Å². The predicted octanol–water partition coefficient (Wildman–Crippen LogP) is 4.82. The summed E-state index contributed by atoms with van der Waals surface area (Å²) in [5.74, 6) is -2.61. The van der Waals surface area contributed by atoms with E-state index < -0.39 is 17.9 Å². The molecule has 0 aromatic heterocycles. The molecule has 0 aliphatic rings. The minimum atomic E-state index is -2.01. The van der Waals surface area contributed by atoms with Gasteiger partial charge in [0.25, 0.3) is 0 Å². The molecule has 0 fully saturated rings. The van der Waals surface area contributed by atoms with E-state index in [-0.39, 0.29) is 6.54 Å². The third kappa shape index (κ3) is 17.2. The summed E-state index contributed by atoms with van der Waals surface area (Å²) >= 11 is 0. The van der Waals surface area contributed by atoms with E-state index in [1.54, 1.807) is 0 Å². The molecule has 0 aliphatic carbocycles. The highest BCUT2D eigenvalue weighted by Crippen LogP contribution is 2.19. The predicted molar refractivity (Wildman–Crippen MR) is 111 cm³/mol. The Labute approximate surface area is 167 Å². The number of hydrogen-bond acceptors (Lipinski definition) is 5. The lowest BCUT2D eigenvalue weighted by Gasteiger charge is -2.27. The molecule has 0 amide bonds. The molecule has 0 radical (unpaired) electrons. The van der Waals surface area contributed by atoms with E-state index in [1.807, 2.05) is 0 Å². The molecule has 0 spiro atoms. The minimum Gasteiger partial charge on any atom is -0.456 e. The van der Waals surface area contributed by atoms with Crippen molar-refractivity contribution in [2.45, 2.75) is 128 Å². The van der Waals surface area contributed by atoms with Crippen LogP contribution in [-0.4, -0.2) is 34.6 Å². The second kappa shape index (κ2) is 17.4. The first-order valence-corrected chi connectivity index (χ1v) is 11.3. The second-order valence-electron chi connectivity index (χ2n) is 8.02. The van der Waals surface area contributed by atoms with Gasteiger partial charge < -0.3 is 20.7 Å². The van der Waals surface area contributed by atoms with Gasteiger partial charge in [0, 0.05) is 0 Å². The van der Waals surface area contributed by atoms with Crippen LogP contribution in [0.5, 0.6) is 0 Å². The van der Waals surface area contributed by atoms with Gasteiger partial charge >= 0.3 is 5.97 Å². The Morgan fingerprint density at radius 2 is 1.19 bits per heavy atom. The quantitative estimate of drug-likeness (QED) is 0.168. The average molecular weight is 388 g/mol. The van der Waals surface area contributed by atoms with Crippen molar-refractivity contribution in [2.75, 3.05) is 6.54 Å². The van der Waals surface area contributed by atoms with Gasteiger partial charge in [-0.3, -0.25) is 4.79 Å². The molecule has 0 saturated heterocycles. The first kappa shape index (κ1) is 26.4. The van der Waals surface area contributed by atoms with Crippen molar-refractivity contribution in [3.05, 3.63) is 0 Å². The Hall–Kier alpha value is -0.650. The van der Waals surface area contributed by atoms with Crippen LogP contribution in [0, 0.1) is 0 Å². The van der Waals surface area contributed by atoms with Gasteiger partial charge in [-0.25, -0.2) is 0 Å². The summed E-state index contributed by atoms with van der Waals surface area (Å²) in [7, 11) is 0. The van der Waals surface area contributed by atoms with Crippen LogP contribution >= 0.6 is 0 Å². The number of nitrogens with two attached hydrogens (primary N) is 1. The van der Waals surface area contributed by atoms with Gasteiger partial charge in [0.2, 0.25) is 0 Å². The van der Waals surface area contributed by atoms with E-state index in [9.17, 15) is 15.0 Å². The molecule has 0 aromatic carbocycles. The monoisotopic (exact) mass is 387 g/mol. The van der Waals surface area contributed by atoms with Crippen LogP contribution in [0.3, 0.4) is 0 Å². The lowest BCUT2D eigenvalue weighted by atomic mass is 10.0. The average Bonchev–Trinajstić information content (AvgIpc) is 2.62. The number of aliphatic hydroxyl groups is 2. The van der Waals surface area contributed by atoms with Gasteiger partial charge in [0.05, 0.1) is 6.54 Å². The number of hydrogen-bond donors (Lipinski definition) is 3. The summed E-state index contributed by atoms with van der Waals surface area (Å²) in [6.45, 7) is 3.26. The molecule has 162 valence electrons. The fourth-order valence-corrected chi connectivity index (χ4v) is 3.35. The Kier molecular flexibility index (Phi) is 17.0. The Balaban J connectivity index is 3.46. The molecular weight excluding hydrogens is 342 g/mol. The summed E-state index contributed by atoms with van der Waals surface area (Å²) in [4.78, 5) is 11.3. The Morgan fingerprint density at radius 3 is 1.52 bits per heavy atom. The molecular formula is C22H45NO4. The van der Waals surface area contributed by atoms with Gasteiger partial charge in [-0.15, -0.1) is 0 Å². The minimum absolute atomic E-state index is 0.245. The number of ether oxygens (including phenoxy) is 1. The van der Waals surface area contributed by atoms with E-state index in [4.69, 9.17) is 10.5 Å². The lowest BCUT2D eigenvalue weighted by Crippen LogP contribution is -2.43. The van der Waals surface area contributed by atoms with Crippen molar-refractivity contribution in [2.24, 2.45) is 5.73 Å². The molecule has 0 rings (SSSR count). The van der Waals surface area contributed by atoms with E-state index in [1.165, 1.54) is 84.0 Å². The summed E-state index contributed by atoms with van der Waals surface area (Å²) < 4.78 is 5.02. The van der Waals surface area contributed by atoms with Crippen LogP contribution in [0.4, 0.5) is 0 Å². The van der Waals surface area contributed by atoms with E-state index >= 15 is 0 Å². The fraction of sp³-hybridized carbons (Fsp3) is 0.955. The third-order valence-electron chi connectivity index (χ3n) is 5.12. The summed E-state index contributed by atoms with van der Waals surface area (Å²) in [5.41, 5.74) is 5.21. The van der Waals surface area contributed by atoms with Crippen LogP contribution in [0.25, 0.3) is 0 Å². The van der Waals surface area contributed by atoms with Crippen molar-refractivity contribution >= 4 is 5.97 Å². The van der Waals surface area contributed by atoms with Crippen LogP contribution < -0.4 is 5.73 Å². The first-order chi connectivity index (χ1) is 12.9. The molecule has 5 heteroatoms. The topological polar surface area (TPSA) is 92.8 Å². The standard InChI is InChI=1S/C22H45NO4/c1-3-4-5-6-7-8-9-10-11-12-13-14-15-16-17-18-20(22(2,25)26)27-21(24)19-23/h20,25-26H,3-19,23H2,1-2H3. The second-order valence-corrected chi connectivity index (χ2v) is 8.02. The maximum absolute atomic E-state index is 11.3. The van der Waals surface area contributed by atoms with Crippen molar-refractivity contribution in [1.29, 1.82) is 0 Å². The van der Waals surface area contributed by atoms with Crippen molar-refractivity contribution in [3.8, 4) is 0 Å². The number of esters is 1. The van der Waals surface area contributed by atoms with Gasteiger partial charge in [-0.2, -0.15) is 0 Å². The SMILES string of the molecule is CCCCCCCCCCCCCCCCCC(OC(=O)CN)C(C)(O)O. The largest absolute Gasteiger partial charge is 0.456 e. The zero-order valence-corrected chi connectivity index (χ0v) is 17.9. The Morgan fingerprint density at radius 1 is 0.815 bits per heavy atom. The molecule has 1 unspecified atom stereocenters. The smallest absolute Gasteiger partial charge is 0.320 e. The first-order valence-electron chi connectivity index (χ1n) is 11.3. The van der Waals surface area contributed by atoms with Crippen molar-refractivity contribution in [1.82, 2.24) is 0 Å². The molecule has 0 bridgehead atoms. The van der Waals surface area contributed by atoms with Gasteiger partial charge in [-0.05, 0) is 19.8 Å². The fourth-order valence-electron chi connectivity index (χ4n) is 3.35. The third-order valence-corrected chi connectivity index (χ3v) is 5.12. The maximum Gasteiger partial charge on any atom is 0.320 e. The highest BCUT2D eigenvalue weighted by molar-refractivity contribution is 5.71. The molecule has 27 heavy (non-hydrogen) atoms. The molecule has 4 N–H and O–H groups in total. The van der Waals surface area contributed by atoms with E-state index in [2.05, 4.69) is 6.92 Å². The number of carbonyl (C=O) groups excluding carboxylic acids is 1. The van der Waals surface area contributed by atoms with E-state index in [0.29, 0.717) is 6.42 Å². The van der Waals surface area contributed by atoms with Gasteiger partial charge in [0.15, 0.2) is 11.9 Å². The molecule has 0 aliphatic heterocycles. The zero-order chi connectivity index (χ0) is 20.4. The Bertz CT molecular complexity index is 342. The van der Waals surface area contributed by atoms with Crippen LogP contribution in [-0.2, 0) is 9.53 Å². The molecule has 1 atom stereocenters. The van der Waals surface area contributed by atoms with Gasteiger partial charge in [-0.1, -0.05) is 96.8 Å². The summed E-state index contributed by atoms with van der Waals surface area (Å²) in [6.07, 6.45) is 18.8. The number of unbranched alkanes of at least 4 members (excludes halogenated alkanes) is 14. The van der Waals surface area contributed by atoms with E-state index in [0.717, 1.165) is 19.3 Å². The summed E-state index contributed by atoms with van der Waals surface area (Å²) in [6, 6.07) is 0. The molecule has 0 heterocycles. The van der Waals surface area contributed by atoms with Crippen LogP contribution in [0.1, 0.15) is 117 Å². The van der Waals surface area contributed by atoms with Crippen LogP contribution in [0.15, 0.2) is 0 Å². The number of carbonyl (C=O) groups is 1. The maximum atomic E-state index is 11.3. The van der Waals surface area contributed by atoms with Crippen LogP contribution in [0.2, 0.25) is 0 Å². The lowest BCUT2D eigenvalue weighted by molar-refractivity contribution is -0.226.